The van der Waals surface area contributed by atoms with Gasteiger partial charge in [0.15, 0.2) is 12.6 Å². The molecule has 9 N–H and O–H groups in total. The van der Waals surface area contributed by atoms with Crippen LogP contribution in [0.15, 0.2) is 0 Å². The Morgan fingerprint density at radius 3 is 1.70 bits per heavy atom. The molecule has 0 saturated heterocycles. The molecule has 0 bridgehead atoms. The van der Waals surface area contributed by atoms with Crippen molar-refractivity contribution in [1.29, 1.82) is 0 Å². The number of nitrogens with zero attached hydrogens (tertiary/aromatic N) is 1. The van der Waals surface area contributed by atoms with Gasteiger partial charge in [0.05, 0.1) is 0 Å². The molecule has 0 saturated carbocycles. The Morgan fingerprint density at radius 2 is 1.26 bits per heavy atom. The molecule has 0 aliphatic rings. The van der Waals surface area contributed by atoms with Crippen LogP contribution in [0.5, 0.6) is 0 Å². The Morgan fingerprint density at radius 1 is 0.783 bits per heavy atom. The van der Waals surface area contributed by atoms with E-state index in [1.54, 1.807) is 0 Å². The molecule has 0 aromatic carbocycles. The molecule has 140 valence electrons. The van der Waals surface area contributed by atoms with E-state index in [-0.39, 0.29) is 6.54 Å². The molecule has 0 aromatic rings. The molecular formula is C9H28N2O9P3+3. The zero-order chi connectivity index (χ0) is 18.1. The van der Waals surface area contributed by atoms with Gasteiger partial charge in [-0.25, -0.2) is 4.90 Å². The summed E-state index contributed by atoms with van der Waals surface area (Å²) in [5.74, 6) is 0. The predicted octanol–water partition coefficient (Wildman–Crippen LogP) is -0.859. The maximum atomic E-state index is 9.04. The van der Waals surface area contributed by atoms with Crippen molar-refractivity contribution in [3.63, 3.8) is 0 Å². The Kier molecular flexibility index (Phi) is 11.2. The largest absolute Gasteiger partial charge is 0.425 e. The molecule has 23 heavy (non-hydrogen) atoms. The third kappa shape index (κ3) is 19.0. The Balaban J connectivity index is 3.86. The van der Waals surface area contributed by atoms with E-state index in [0.29, 0.717) is 19.4 Å². The fraction of sp³-hybridized carbons (Fsp3) is 1.00. The number of hydroxylamine groups is 1. The molecular weight excluding hydrogens is 373 g/mol. The van der Waals surface area contributed by atoms with Crippen molar-refractivity contribution in [2.24, 2.45) is 0 Å². The van der Waals surface area contributed by atoms with Gasteiger partial charge in [0, 0.05) is 13.1 Å². The summed E-state index contributed by atoms with van der Waals surface area (Å²) in [6, 6.07) is 0. The fourth-order valence-electron chi connectivity index (χ4n) is 1.78. The van der Waals surface area contributed by atoms with Crippen molar-refractivity contribution >= 4 is 23.8 Å². The van der Waals surface area contributed by atoms with Crippen LogP contribution in [0, 0.1) is 0 Å². The van der Waals surface area contributed by atoms with Crippen LogP contribution in [0.1, 0.15) is 25.7 Å². The number of hydrogen-bond acceptors (Lipinski definition) is 11. The summed E-state index contributed by atoms with van der Waals surface area (Å²) in [4.78, 5) is 73.3. The molecule has 0 fully saturated rings. The minimum absolute atomic E-state index is 0.244. The molecule has 0 unspecified atom stereocenters. The highest BCUT2D eigenvalue weighted by Gasteiger charge is 2.40. The van der Waals surface area contributed by atoms with E-state index in [9.17, 15) is 0 Å². The van der Waals surface area contributed by atoms with Gasteiger partial charge >= 0.3 is 23.8 Å². The molecule has 0 spiro atoms. The maximum Gasteiger partial charge on any atom is 0.425 e. The third-order valence-corrected chi connectivity index (χ3v) is 4.55. The van der Waals surface area contributed by atoms with Gasteiger partial charge in [-0.1, -0.05) is 17.5 Å². The van der Waals surface area contributed by atoms with Crippen LogP contribution >= 0.6 is 23.8 Å². The maximum absolute atomic E-state index is 9.04. The van der Waals surface area contributed by atoms with Gasteiger partial charge in [-0.05, 0) is 12.8 Å². The zero-order valence-corrected chi connectivity index (χ0v) is 15.6. The van der Waals surface area contributed by atoms with Crippen LogP contribution in [0.2, 0.25) is 0 Å². The average Bonchev–Trinajstić information content (AvgIpc) is 2.26. The topological polar surface area (TPSA) is 186 Å². The molecule has 0 atom stereocenters. The molecule has 0 radical (unpaired) electrons. The predicted molar refractivity (Wildman–Crippen MR) is 88.4 cm³/mol. The van der Waals surface area contributed by atoms with Gasteiger partial charge in [0.2, 0.25) is 0 Å². The fourth-order valence-corrected chi connectivity index (χ4v) is 3.83. The summed E-state index contributed by atoms with van der Waals surface area (Å²) in [7, 11) is -11.5. The van der Waals surface area contributed by atoms with Crippen molar-refractivity contribution in [2.45, 2.75) is 25.7 Å². The average molecular weight is 401 g/mol. The Labute approximate surface area is 136 Å². The normalized spacial score (nSPS) is 13.8. The zero-order valence-electron chi connectivity index (χ0n) is 12.9. The van der Waals surface area contributed by atoms with Gasteiger partial charge in [-0.2, -0.15) is 44.6 Å². The summed E-state index contributed by atoms with van der Waals surface area (Å²) in [5.41, 5.74) is 2.44. The van der Waals surface area contributed by atoms with Gasteiger partial charge < -0.3 is 0 Å². The summed E-state index contributed by atoms with van der Waals surface area (Å²) in [5, 5.41) is 0. The highest BCUT2D eigenvalue weighted by atomic mass is 31.2. The van der Waals surface area contributed by atoms with Crippen LogP contribution in [0.25, 0.3) is 0 Å². The van der Waals surface area contributed by atoms with E-state index >= 15 is 0 Å². The van der Waals surface area contributed by atoms with Gasteiger partial charge in [0.1, 0.15) is 6.66 Å². The van der Waals surface area contributed by atoms with Crippen LogP contribution < -0.4 is 5.48 Å². The highest BCUT2D eigenvalue weighted by Crippen LogP contribution is 2.50. The number of unbranched alkanes of at least 4 members (excludes halogenated alkanes) is 3. The van der Waals surface area contributed by atoms with Gasteiger partial charge in [-0.15, -0.1) is 0 Å². The van der Waals surface area contributed by atoms with E-state index < -0.39 is 36.4 Å². The Bertz CT molecular complexity index is 303. The number of hydrogen-bond donors (Lipinski definition) is 9. The molecule has 0 heterocycles. The quantitative estimate of drug-likeness (QED) is 0.106. The van der Waals surface area contributed by atoms with E-state index in [1.165, 1.54) is 11.6 Å². The van der Waals surface area contributed by atoms with Crippen LogP contribution in [0.4, 0.5) is 0 Å². The van der Waals surface area contributed by atoms with Crippen molar-refractivity contribution in [3.8, 4) is 0 Å². The minimum atomic E-state index is -4.10. The number of nitrogens with one attached hydrogen (secondary N) is 1. The second-order valence-electron chi connectivity index (χ2n) is 5.30. The number of rotatable bonds is 13. The molecule has 0 aliphatic heterocycles. The molecule has 0 rings (SSSR count). The first-order valence-electron chi connectivity index (χ1n) is 6.87. The first kappa shape index (κ1) is 23.9. The van der Waals surface area contributed by atoms with Gasteiger partial charge in [0.25, 0.3) is 0 Å². The lowest BCUT2D eigenvalue weighted by molar-refractivity contribution is 0.146. The first-order chi connectivity index (χ1) is 10.3. The lowest BCUT2D eigenvalue weighted by atomic mass is 10.2. The monoisotopic (exact) mass is 401 g/mol. The van der Waals surface area contributed by atoms with E-state index in [2.05, 4.69) is 10.1 Å². The second kappa shape index (κ2) is 10.8. The van der Waals surface area contributed by atoms with Crippen molar-refractivity contribution in [2.75, 3.05) is 32.3 Å². The molecule has 11 nitrogen and oxygen atoms in total. The summed E-state index contributed by atoms with van der Waals surface area (Å²) >= 11 is 0. The summed E-state index contributed by atoms with van der Waals surface area (Å²) in [6.07, 6.45) is 1.69. The molecule has 0 aliphatic carbocycles. The first-order valence-corrected chi connectivity index (χ1v) is 12.6. The summed E-state index contributed by atoms with van der Waals surface area (Å²) in [6.45, 7) is 1.85. The summed E-state index contributed by atoms with van der Waals surface area (Å²) < 4.78 is 4.59. The van der Waals surface area contributed by atoms with E-state index in [1.807, 2.05) is 0 Å². The van der Waals surface area contributed by atoms with Crippen molar-refractivity contribution in [3.05, 3.63) is 0 Å². The van der Waals surface area contributed by atoms with Gasteiger partial charge in [-0.3, -0.25) is 0 Å². The van der Waals surface area contributed by atoms with Crippen LogP contribution in [-0.2, 0) is 4.62 Å². The van der Waals surface area contributed by atoms with Crippen LogP contribution in [-0.4, -0.2) is 76.4 Å². The second-order valence-corrected chi connectivity index (χ2v) is 10.5. The van der Waals surface area contributed by atoms with E-state index in [4.69, 9.17) is 39.1 Å². The third-order valence-electron chi connectivity index (χ3n) is 2.52. The standard InChI is InChI=1S/C9H28N2O9P3/c1-21(12,13)20-10-6-4-2-3-5-7-11(8-22(14,15)16)9-23(17,18)19/h10,12-19H,2-9H2,1H3/q+3. The van der Waals surface area contributed by atoms with E-state index in [0.717, 1.165) is 12.8 Å². The molecule has 0 amide bonds. The smallest absolute Gasteiger partial charge is 0.225 e. The Hall–Kier alpha value is 0.850. The minimum Gasteiger partial charge on any atom is -0.225 e. The van der Waals surface area contributed by atoms with Crippen LogP contribution in [0.3, 0.4) is 0 Å². The molecule has 0 aromatic heterocycles. The lowest BCUT2D eigenvalue weighted by Crippen LogP contribution is -2.30. The SMILES string of the molecule is C[P+](O)(O)ONCCCCCCN(C[P+](O)(O)O)C[P+](O)(O)O. The molecule has 14 heteroatoms. The van der Waals surface area contributed by atoms with Crippen molar-refractivity contribution in [1.82, 2.24) is 10.4 Å². The highest BCUT2D eigenvalue weighted by molar-refractivity contribution is 7.59. The lowest BCUT2D eigenvalue weighted by Gasteiger charge is -2.20. The van der Waals surface area contributed by atoms with Crippen molar-refractivity contribution < 1.29 is 43.8 Å².